The predicted octanol–water partition coefficient (Wildman–Crippen LogP) is 4.20. The topological polar surface area (TPSA) is 29.5 Å². The summed E-state index contributed by atoms with van der Waals surface area (Å²) in [6.07, 6.45) is 0.794. The second-order valence-electron chi connectivity index (χ2n) is 5.28. The van der Waals surface area contributed by atoms with E-state index in [1.165, 1.54) is 0 Å². The summed E-state index contributed by atoms with van der Waals surface area (Å²) >= 11 is 12.0. The number of ether oxygens (including phenoxy) is 1. The molecule has 0 unspecified atom stereocenters. The van der Waals surface area contributed by atoms with Crippen molar-refractivity contribution < 1.29 is 9.53 Å². The lowest BCUT2D eigenvalue weighted by Gasteiger charge is -2.26. The van der Waals surface area contributed by atoms with Crippen molar-refractivity contribution in [3.8, 4) is 5.75 Å². The van der Waals surface area contributed by atoms with Crippen molar-refractivity contribution in [2.45, 2.75) is 13.0 Å². The number of halogens is 2. The van der Waals surface area contributed by atoms with Crippen molar-refractivity contribution in [3.63, 3.8) is 0 Å². The number of likely N-dealkylation sites (N-methyl/N-ethyl adjacent to an activating group) is 1. The second-order valence-corrected chi connectivity index (χ2v) is 6.13. The number of fused-ring (bicyclic) bond motifs is 1. The Labute approximate surface area is 139 Å². The van der Waals surface area contributed by atoms with Crippen LogP contribution >= 0.6 is 23.2 Å². The minimum Gasteiger partial charge on any atom is -0.489 e. The molecule has 114 valence electrons. The molecular weight excluding hydrogens is 321 g/mol. The summed E-state index contributed by atoms with van der Waals surface area (Å²) in [5.41, 5.74) is 2.55. The fourth-order valence-electron chi connectivity index (χ4n) is 2.54. The maximum atomic E-state index is 12.2. The quantitative estimate of drug-likeness (QED) is 0.841. The lowest BCUT2D eigenvalue weighted by Crippen LogP contribution is -2.34. The fraction of sp³-hybridized carbons (Fsp3) is 0.235. The summed E-state index contributed by atoms with van der Waals surface area (Å²) in [7, 11) is 1.81. The average Bonchev–Trinajstić information content (AvgIpc) is 2.50. The van der Waals surface area contributed by atoms with E-state index in [-0.39, 0.29) is 5.91 Å². The second kappa shape index (κ2) is 6.19. The number of benzene rings is 2. The largest absolute Gasteiger partial charge is 0.489 e. The number of carbonyl (C=O) groups excluding carboxylic acids is 1. The molecule has 0 bridgehead atoms. The van der Waals surface area contributed by atoms with E-state index < -0.39 is 0 Å². The van der Waals surface area contributed by atoms with Gasteiger partial charge in [-0.2, -0.15) is 0 Å². The van der Waals surface area contributed by atoms with E-state index in [2.05, 4.69) is 0 Å². The number of hydrogen-bond acceptors (Lipinski definition) is 2. The average molecular weight is 336 g/mol. The van der Waals surface area contributed by atoms with Crippen molar-refractivity contribution in [3.05, 3.63) is 63.1 Å². The summed E-state index contributed by atoms with van der Waals surface area (Å²) in [4.78, 5) is 13.9. The number of rotatable bonds is 3. The molecule has 22 heavy (non-hydrogen) atoms. The molecule has 0 fully saturated rings. The molecule has 3 rings (SSSR count). The Morgan fingerprint density at radius 1 is 1.23 bits per heavy atom. The Hall–Kier alpha value is -1.71. The minimum atomic E-state index is 0.0382. The van der Waals surface area contributed by atoms with Gasteiger partial charge in [-0.1, -0.05) is 35.3 Å². The molecule has 2 aromatic rings. The van der Waals surface area contributed by atoms with Crippen molar-refractivity contribution in [1.29, 1.82) is 0 Å². The van der Waals surface area contributed by atoms with Crippen LogP contribution in [0.25, 0.3) is 0 Å². The van der Waals surface area contributed by atoms with Crippen LogP contribution in [0.3, 0.4) is 0 Å². The van der Waals surface area contributed by atoms with E-state index in [0.717, 1.165) is 23.3 Å². The van der Waals surface area contributed by atoms with Crippen molar-refractivity contribution in [1.82, 2.24) is 4.90 Å². The van der Waals surface area contributed by atoms with Gasteiger partial charge >= 0.3 is 0 Å². The number of nitrogens with zero attached hydrogens (tertiary/aromatic N) is 1. The Bertz CT molecular complexity index is 731. The van der Waals surface area contributed by atoms with Crippen molar-refractivity contribution in [2.24, 2.45) is 0 Å². The van der Waals surface area contributed by atoms with Crippen molar-refractivity contribution in [2.75, 3.05) is 13.6 Å². The molecule has 0 aromatic heterocycles. The maximum absolute atomic E-state index is 12.2. The summed E-state index contributed by atoms with van der Waals surface area (Å²) in [5, 5.41) is 1.17. The first-order valence-corrected chi connectivity index (χ1v) is 7.76. The summed E-state index contributed by atoms with van der Waals surface area (Å²) in [6.45, 7) is 1.05. The Kier molecular flexibility index (Phi) is 4.27. The first kappa shape index (κ1) is 15.2. The zero-order chi connectivity index (χ0) is 15.7. The molecule has 0 N–H and O–H groups in total. The lowest BCUT2D eigenvalue weighted by molar-refractivity contribution is 0.0779. The van der Waals surface area contributed by atoms with E-state index in [4.69, 9.17) is 27.9 Å². The first-order valence-electron chi connectivity index (χ1n) is 7.00. The molecule has 1 amide bonds. The van der Waals surface area contributed by atoms with Crippen LogP contribution in [0.2, 0.25) is 10.0 Å². The fourth-order valence-corrected chi connectivity index (χ4v) is 3.00. The Balaban J connectivity index is 1.83. The van der Waals surface area contributed by atoms with Crippen LogP contribution in [0, 0.1) is 0 Å². The van der Waals surface area contributed by atoms with Crippen LogP contribution in [-0.2, 0) is 13.0 Å². The molecule has 1 aliphatic rings. The molecule has 0 aliphatic carbocycles. The molecule has 1 heterocycles. The summed E-state index contributed by atoms with van der Waals surface area (Å²) in [5.74, 6) is 0.779. The summed E-state index contributed by atoms with van der Waals surface area (Å²) < 4.78 is 5.90. The normalized spacial score (nSPS) is 14.0. The third-order valence-corrected chi connectivity index (χ3v) is 4.39. The molecule has 0 saturated carbocycles. The van der Waals surface area contributed by atoms with Crippen molar-refractivity contribution >= 4 is 29.1 Å². The molecule has 0 atom stereocenters. The molecule has 5 heteroatoms. The SMILES string of the molecule is CN1CCc2c(OCc3ccc(Cl)cc3Cl)cccc2C1=O. The highest BCUT2D eigenvalue weighted by molar-refractivity contribution is 6.35. The number of amides is 1. The standard InChI is InChI=1S/C17H15Cl2NO2/c1-20-8-7-13-14(17(20)21)3-2-4-16(13)22-10-11-5-6-12(18)9-15(11)19/h2-6,9H,7-8,10H2,1H3. The number of carbonyl (C=O) groups is 1. The van der Waals surface area contributed by atoms with E-state index >= 15 is 0 Å². The summed E-state index contributed by atoms with van der Waals surface area (Å²) in [6, 6.07) is 10.9. The molecular formula is C17H15Cl2NO2. The molecule has 3 nitrogen and oxygen atoms in total. The Morgan fingerprint density at radius 3 is 2.82 bits per heavy atom. The molecule has 0 radical (unpaired) electrons. The van der Waals surface area contributed by atoms with Gasteiger partial charge in [0.15, 0.2) is 0 Å². The van der Waals surface area contributed by atoms with E-state index in [0.29, 0.717) is 28.8 Å². The predicted molar refractivity (Wildman–Crippen MR) is 87.9 cm³/mol. The van der Waals surface area contributed by atoms with Gasteiger partial charge in [0.05, 0.1) is 0 Å². The van der Waals surface area contributed by atoms with Gasteiger partial charge in [-0.05, 0) is 30.7 Å². The highest BCUT2D eigenvalue weighted by Crippen LogP contribution is 2.29. The van der Waals surface area contributed by atoms with Crippen LogP contribution in [0.1, 0.15) is 21.5 Å². The third kappa shape index (κ3) is 2.92. The van der Waals surface area contributed by atoms with Crippen LogP contribution in [0.15, 0.2) is 36.4 Å². The van der Waals surface area contributed by atoms with Gasteiger partial charge in [-0.15, -0.1) is 0 Å². The number of hydrogen-bond donors (Lipinski definition) is 0. The molecule has 1 aliphatic heterocycles. The van der Waals surface area contributed by atoms with Gasteiger partial charge in [-0.25, -0.2) is 0 Å². The third-order valence-electron chi connectivity index (χ3n) is 3.81. The van der Waals surface area contributed by atoms with E-state index in [9.17, 15) is 4.79 Å². The smallest absolute Gasteiger partial charge is 0.254 e. The van der Waals surface area contributed by atoms with Crippen LogP contribution in [-0.4, -0.2) is 24.4 Å². The molecule has 0 saturated heterocycles. The van der Waals surface area contributed by atoms with Crippen LogP contribution < -0.4 is 4.74 Å². The van der Waals surface area contributed by atoms with Crippen LogP contribution in [0.5, 0.6) is 5.75 Å². The van der Waals surface area contributed by atoms with Gasteiger partial charge in [0.1, 0.15) is 12.4 Å². The van der Waals surface area contributed by atoms with Crippen LogP contribution in [0.4, 0.5) is 0 Å². The van der Waals surface area contributed by atoms with Gasteiger partial charge < -0.3 is 9.64 Å². The monoisotopic (exact) mass is 335 g/mol. The molecule has 2 aromatic carbocycles. The van der Waals surface area contributed by atoms with Gasteiger partial charge in [0.2, 0.25) is 0 Å². The van der Waals surface area contributed by atoms with Gasteiger partial charge in [0.25, 0.3) is 5.91 Å². The first-order chi connectivity index (χ1) is 10.6. The lowest BCUT2D eigenvalue weighted by atomic mass is 9.98. The Morgan fingerprint density at radius 2 is 2.05 bits per heavy atom. The zero-order valence-electron chi connectivity index (χ0n) is 12.1. The van der Waals surface area contributed by atoms with E-state index in [1.807, 2.05) is 31.3 Å². The van der Waals surface area contributed by atoms with E-state index in [1.54, 1.807) is 17.0 Å². The van der Waals surface area contributed by atoms with Gasteiger partial charge in [0, 0.05) is 40.3 Å². The molecule has 0 spiro atoms. The highest BCUT2D eigenvalue weighted by atomic mass is 35.5. The minimum absolute atomic E-state index is 0.0382. The highest BCUT2D eigenvalue weighted by Gasteiger charge is 2.24. The van der Waals surface area contributed by atoms with Gasteiger partial charge in [-0.3, -0.25) is 4.79 Å². The zero-order valence-corrected chi connectivity index (χ0v) is 13.6. The maximum Gasteiger partial charge on any atom is 0.254 e.